The van der Waals surface area contributed by atoms with Crippen molar-refractivity contribution in [2.24, 2.45) is 0 Å². The minimum atomic E-state index is -0.353. The molecule has 2 N–H and O–H groups in total. The van der Waals surface area contributed by atoms with Gasteiger partial charge in [0.2, 0.25) is 0 Å². The maximum absolute atomic E-state index is 9.38. The van der Waals surface area contributed by atoms with Gasteiger partial charge in [-0.25, -0.2) is 0 Å². The van der Waals surface area contributed by atoms with E-state index in [1.54, 1.807) is 0 Å². The van der Waals surface area contributed by atoms with Crippen molar-refractivity contribution in [3.8, 4) is 0 Å². The molecule has 12 heavy (non-hydrogen) atoms. The van der Waals surface area contributed by atoms with Crippen LogP contribution in [0.1, 0.15) is 26.2 Å². The molecule has 0 bridgehead atoms. The fourth-order valence-corrected chi connectivity index (χ4v) is 1.40. The fraction of sp³-hybridized carbons (Fsp3) is 0.778. The molecule has 2 unspecified atom stereocenters. The Hall–Kier alpha value is -0.540. The van der Waals surface area contributed by atoms with Crippen LogP contribution in [-0.4, -0.2) is 29.0 Å². The third kappa shape index (κ3) is 2.50. The molecule has 0 amide bonds. The topological polar surface area (TPSA) is 49.7 Å². The van der Waals surface area contributed by atoms with Gasteiger partial charge in [-0.15, -0.1) is 0 Å². The fourth-order valence-electron chi connectivity index (χ4n) is 1.40. The first-order valence-electron chi connectivity index (χ1n) is 4.40. The molecule has 0 aromatic rings. The number of aliphatic hydroxyl groups is 2. The predicted molar refractivity (Wildman–Crippen MR) is 45.6 cm³/mol. The van der Waals surface area contributed by atoms with Crippen molar-refractivity contribution >= 4 is 0 Å². The van der Waals surface area contributed by atoms with Crippen LogP contribution >= 0.6 is 0 Å². The summed E-state index contributed by atoms with van der Waals surface area (Å²) in [4.78, 5) is 0. The second kappa shape index (κ2) is 4.48. The summed E-state index contributed by atoms with van der Waals surface area (Å²) in [5.41, 5.74) is 0. The van der Waals surface area contributed by atoms with E-state index in [1.807, 2.05) is 13.0 Å². The maximum Gasteiger partial charge on any atom is 0.124 e. The Balaban J connectivity index is 2.51. The molecule has 1 saturated heterocycles. The standard InChI is InChI=1S/C9H16O3/c1-2-3-8-4-7(11)5-9(6-10)12-8/h3,7,9-11H,2,4-6H2,1H3. The zero-order chi connectivity index (χ0) is 8.97. The van der Waals surface area contributed by atoms with Crippen LogP contribution in [0.3, 0.4) is 0 Å². The first-order chi connectivity index (χ1) is 5.76. The van der Waals surface area contributed by atoms with Crippen LogP contribution < -0.4 is 0 Å². The number of hydrogen-bond donors (Lipinski definition) is 2. The molecule has 1 aliphatic rings. The monoisotopic (exact) mass is 172 g/mol. The average Bonchev–Trinajstić information content (AvgIpc) is 2.04. The second-order valence-electron chi connectivity index (χ2n) is 3.09. The van der Waals surface area contributed by atoms with Gasteiger partial charge in [-0.1, -0.05) is 6.92 Å². The lowest BCUT2D eigenvalue weighted by Gasteiger charge is -2.28. The highest BCUT2D eigenvalue weighted by atomic mass is 16.5. The third-order valence-electron chi connectivity index (χ3n) is 1.93. The van der Waals surface area contributed by atoms with Crippen LogP contribution in [0.15, 0.2) is 11.8 Å². The summed E-state index contributed by atoms with van der Waals surface area (Å²) in [5, 5.41) is 18.2. The number of rotatable bonds is 2. The molecular formula is C9H16O3. The van der Waals surface area contributed by atoms with Gasteiger partial charge in [0, 0.05) is 12.8 Å². The molecule has 1 rings (SSSR count). The summed E-state index contributed by atoms with van der Waals surface area (Å²) in [7, 11) is 0. The zero-order valence-corrected chi connectivity index (χ0v) is 7.36. The van der Waals surface area contributed by atoms with E-state index in [-0.39, 0.29) is 18.8 Å². The van der Waals surface area contributed by atoms with Crippen LogP contribution in [0.25, 0.3) is 0 Å². The van der Waals surface area contributed by atoms with Crippen molar-refractivity contribution in [2.75, 3.05) is 6.61 Å². The van der Waals surface area contributed by atoms with E-state index in [0.29, 0.717) is 12.8 Å². The van der Waals surface area contributed by atoms with E-state index in [0.717, 1.165) is 12.2 Å². The predicted octanol–water partition coefficient (Wildman–Crippen LogP) is 0.812. The number of allylic oxidation sites excluding steroid dienone is 1. The largest absolute Gasteiger partial charge is 0.493 e. The molecule has 0 saturated carbocycles. The number of aliphatic hydroxyl groups excluding tert-OH is 2. The van der Waals surface area contributed by atoms with Crippen molar-refractivity contribution < 1.29 is 14.9 Å². The number of hydrogen-bond acceptors (Lipinski definition) is 3. The molecule has 1 heterocycles. The molecule has 3 heteroatoms. The van der Waals surface area contributed by atoms with E-state index in [9.17, 15) is 5.11 Å². The molecular weight excluding hydrogens is 156 g/mol. The van der Waals surface area contributed by atoms with E-state index < -0.39 is 0 Å². The van der Waals surface area contributed by atoms with Crippen molar-refractivity contribution in [1.29, 1.82) is 0 Å². The lowest BCUT2D eigenvalue weighted by atomic mass is 10.0. The van der Waals surface area contributed by atoms with Crippen LogP contribution in [0, 0.1) is 0 Å². The van der Waals surface area contributed by atoms with Crippen molar-refractivity contribution in [3.63, 3.8) is 0 Å². The third-order valence-corrected chi connectivity index (χ3v) is 1.93. The van der Waals surface area contributed by atoms with Gasteiger partial charge in [0.05, 0.1) is 18.5 Å². The summed E-state index contributed by atoms with van der Waals surface area (Å²) in [6, 6.07) is 0. The molecule has 0 aromatic carbocycles. The van der Waals surface area contributed by atoms with E-state index >= 15 is 0 Å². The Bertz CT molecular complexity index is 165. The molecule has 1 aliphatic heterocycles. The lowest BCUT2D eigenvalue weighted by Crippen LogP contribution is -2.30. The molecule has 0 aliphatic carbocycles. The molecule has 70 valence electrons. The van der Waals surface area contributed by atoms with Gasteiger partial charge in [0.25, 0.3) is 0 Å². The minimum absolute atomic E-state index is 0.0158. The summed E-state index contributed by atoms with van der Waals surface area (Å²) in [6.45, 7) is 2.00. The summed E-state index contributed by atoms with van der Waals surface area (Å²) < 4.78 is 5.40. The molecule has 0 spiro atoms. The Morgan fingerprint density at radius 1 is 1.67 bits per heavy atom. The van der Waals surface area contributed by atoms with Gasteiger partial charge < -0.3 is 14.9 Å². The smallest absolute Gasteiger partial charge is 0.124 e. The molecule has 0 aromatic heterocycles. The molecule has 2 atom stereocenters. The van der Waals surface area contributed by atoms with Gasteiger partial charge >= 0.3 is 0 Å². The second-order valence-corrected chi connectivity index (χ2v) is 3.09. The van der Waals surface area contributed by atoms with Crippen LogP contribution in [-0.2, 0) is 4.74 Å². The molecule has 0 radical (unpaired) electrons. The van der Waals surface area contributed by atoms with Gasteiger partial charge in [-0.3, -0.25) is 0 Å². The van der Waals surface area contributed by atoms with E-state index in [4.69, 9.17) is 9.84 Å². The van der Waals surface area contributed by atoms with Gasteiger partial charge in [-0.05, 0) is 12.5 Å². The highest BCUT2D eigenvalue weighted by Crippen LogP contribution is 2.22. The van der Waals surface area contributed by atoms with Crippen LogP contribution in [0.4, 0.5) is 0 Å². The molecule has 1 fully saturated rings. The normalized spacial score (nSPS) is 33.4. The average molecular weight is 172 g/mol. The van der Waals surface area contributed by atoms with Crippen LogP contribution in [0.5, 0.6) is 0 Å². The first kappa shape index (κ1) is 9.55. The highest BCUT2D eigenvalue weighted by Gasteiger charge is 2.23. The van der Waals surface area contributed by atoms with Crippen molar-refractivity contribution in [3.05, 3.63) is 11.8 Å². The quantitative estimate of drug-likeness (QED) is 0.648. The highest BCUT2D eigenvalue weighted by molar-refractivity contribution is 4.98. The number of ether oxygens (including phenoxy) is 1. The zero-order valence-electron chi connectivity index (χ0n) is 7.36. The van der Waals surface area contributed by atoms with Gasteiger partial charge in [0.1, 0.15) is 6.10 Å². The Labute approximate surface area is 72.7 Å². The first-order valence-corrected chi connectivity index (χ1v) is 4.40. The van der Waals surface area contributed by atoms with E-state index in [2.05, 4.69) is 0 Å². The summed E-state index contributed by atoms with van der Waals surface area (Å²) in [5.74, 6) is 0.815. The lowest BCUT2D eigenvalue weighted by molar-refractivity contribution is -0.0251. The SMILES string of the molecule is CCC=C1CC(O)CC(CO)O1. The minimum Gasteiger partial charge on any atom is -0.493 e. The van der Waals surface area contributed by atoms with Crippen molar-refractivity contribution in [2.45, 2.75) is 38.4 Å². The van der Waals surface area contributed by atoms with Gasteiger partial charge in [-0.2, -0.15) is 0 Å². The van der Waals surface area contributed by atoms with E-state index in [1.165, 1.54) is 0 Å². The molecule has 3 nitrogen and oxygen atoms in total. The van der Waals surface area contributed by atoms with Gasteiger partial charge in [0.15, 0.2) is 0 Å². The van der Waals surface area contributed by atoms with Crippen LogP contribution in [0.2, 0.25) is 0 Å². The summed E-state index contributed by atoms with van der Waals surface area (Å²) in [6.07, 6.45) is 3.41. The van der Waals surface area contributed by atoms with Crippen molar-refractivity contribution in [1.82, 2.24) is 0 Å². The maximum atomic E-state index is 9.38. The Kier molecular flexibility index (Phi) is 3.56. The Morgan fingerprint density at radius 2 is 2.42 bits per heavy atom. The Morgan fingerprint density at radius 3 is 3.00 bits per heavy atom. The summed E-state index contributed by atoms with van der Waals surface area (Å²) >= 11 is 0.